The number of hydrogen-bond acceptors (Lipinski definition) is 4. The van der Waals surface area contributed by atoms with E-state index in [1.54, 1.807) is 30.7 Å². The van der Waals surface area contributed by atoms with Gasteiger partial charge in [0.25, 0.3) is 0 Å². The van der Waals surface area contributed by atoms with Crippen LogP contribution in [-0.4, -0.2) is 21.2 Å². The van der Waals surface area contributed by atoms with E-state index in [0.29, 0.717) is 13.1 Å². The number of aromatic nitrogens is 2. The Bertz CT molecular complexity index is 1260. The number of nitrogens with zero attached hydrogens (tertiary/aromatic N) is 3. The molecule has 0 unspecified atom stereocenters. The number of imidazole rings is 1. The zero-order valence-corrected chi connectivity index (χ0v) is 17.5. The van der Waals surface area contributed by atoms with E-state index in [9.17, 15) is 9.50 Å². The third-order valence-electron chi connectivity index (χ3n) is 5.36. The van der Waals surface area contributed by atoms with Crippen molar-refractivity contribution in [2.75, 3.05) is 6.54 Å². The highest BCUT2D eigenvalue weighted by molar-refractivity contribution is 5.68. The monoisotopic (exact) mass is 426 g/mol. The van der Waals surface area contributed by atoms with Crippen LogP contribution in [0, 0.1) is 17.1 Å². The molecule has 0 aliphatic carbocycles. The quantitative estimate of drug-likeness (QED) is 0.402. The second-order valence-electron chi connectivity index (χ2n) is 7.57. The predicted molar refractivity (Wildman–Crippen MR) is 121 cm³/mol. The van der Waals surface area contributed by atoms with Crippen molar-refractivity contribution < 1.29 is 9.50 Å². The number of phenols is 1. The number of nitrogens with one attached hydrogen (secondary N) is 1. The number of benzene rings is 3. The lowest BCUT2D eigenvalue weighted by molar-refractivity contribution is 0.475. The molecule has 0 fully saturated rings. The Morgan fingerprint density at radius 1 is 1.06 bits per heavy atom. The summed E-state index contributed by atoms with van der Waals surface area (Å²) in [6, 6.07) is 22.0. The number of rotatable bonds is 8. The second-order valence-corrected chi connectivity index (χ2v) is 7.57. The smallest absolute Gasteiger partial charge is 0.141 e. The van der Waals surface area contributed by atoms with Gasteiger partial charge in [-0.25, -0.2) is 9.37 Å². The molecule has 0 radical (unpaired) electrons. The average Bonchev–Trinajstić information content (AvgIpc) is 3.24. The molecule has 3 aromatic carbocycles. The lowest BCUT2D eigenvalue weighted by Gasteiger charge is -2.12. The van der Waals surface area contributed by atoms with Crippen LogP contribution in [0.5, 0.6) is 5.75 Å². The van der Waals surface area contributed by atoms with Gasteiger partial charge in [-0.15, -0.1) is 0 Å². The van der Waals surface area contributed by atoms with E-state index >= 15 is 0 Å². The van der Waals surface area contributed by atoms with Gasteiger partial charge in [-0.2, -0.15) is 5.26 Å². The Labute approximate surface area is 186 Å². The fraction of sp³-hybridized carbons (Fsp3) is 0.154. The highest BCUT2D eigenvalue weighted by Gasteiger charge is 2.08. The van der Waals surface area contributed by atoms with Crippen LogP contribution in [0.15, 0.2) is 79.3 Å². The minimum Gasteiger partial charge on any atom is -0.508 e. The minimum atomic E-state index is -0.504. The topological polar surface area (TPSA) is 73.9 Å². The first-order valence-electron chi connectivity index (χ1n) is 10.4. The van der Waals surface area contributed by atoms with Crippen LogP contribution in [0.25, 0.3) is 11.1 Å². The van der Waals surface area contributed by atoms with Crippen molar-refractivity contribution >= 4 is 0 Å². The molecular formula is C26H23FN4O. The van der Waals surface area contributed by atoms with E-state index in [1.165, 1.54) is 17.7 Å². The first-order valence-corrected chi connectivity index (χ1v) is 10.4. The molecule has 0 spiro atoms. The molecule has 0 amide bonds. The van der Waals surface area contributed by atoms with Gasteiger partial charge < -0.3 is 15.0 Å². The molecular weight excluding hydrogens is 403 g/mol. The summed E-state index contributed by atoms with van der Waals surface area (Å²) in [4.78, 5) is 4.23. The molecule has 2 N–H and O–H groups in total. The summed E-state index contributed by atoms with van der Waals surface area (Å²) >= 11 is 0. The molecule has 4 rings (SSSR count). The third-order valence-corrected chi connectivity index (χ3v) is 5.36. The van der Waals surface area contributed by atoms with E-state index in [-0.39, 0.29) is 11.3 Å². The summed E-state index contributed by atoms with van der Waals surface area (Å²) in [5, 5.41) is 22.1. The van der Waals surface area contributed by atoms with E-state index in [4.69, 9.17) is 5.26 Å². The maximum atomic E-state index is 13.9. The first-order chi connectivity index (χ1) is 15.6. The molecule has 1 aromatic heterocycles. The molecule has 160 valence electrons. The summed E-state index contributed by atoms with van der Waals surface area (Å²) in [5.41, 5.74) is 5.13. The molecule has 0 aliphatic heterocycles. The summed E-state index contributed by atoms with van der Waals surface area (Å²) in [6.45, 7) is 1.89. The van der Waals surface area contributed by atoms with Gasteiger partial charge >= 0.3 is 0 Å². The molecule has 0 atom stereocenters. The summed E-state index contributed by atoms with van der Waals surface area (Å²) in [5.74, 6) is -0.249. The number of hydrogen-bond donors (Lipinski definition) is 2. The fourth-order valence-corrected chi connectivity index (χ4v) is 3.71. The largest absolute Gasteiger partial charge is 0.508 e. The van der Waals surface area contributed by atoms with Crippen LogP contribution in [0.4, 0.5) is 4.39 Å². The van der Waals surface area contributed by atoms with Gasteiger partial charge in [0.2, 0.25) is 0 Å². The van der Waals surface area contributed by atoms with E-state index < -0.39 is 5.82 Å². The van der Waals surface area contributed by atoms with E-state index in [1.807, 2.05) is 34.9 Å². The summed E-state index contributed by atoms with van der Waals surface area (Å²) < 4.78 is 15.9. The fourth-order valence-electron chi connectivity index (χ4n) is 3.71. The van der Waals surface area contributed by atoms with E-state index in [0.717, 1.165) is 35.3 Å². The van der Waals surface area contributed by atoms with Gasteiger partial charge in [0.1, 0.15) is 17.6 Å². The van der Waals surface area contributed by atoms with Gasteiger partial charge in [-0.3, -0.25) is 0 Å². The van der Waals surface area contributed by atoms with Crippen molar-refractivity contribution in [1.82, 2.24) is 14.9 Å². The van der Waals surface area contributed by atoms with Crippen molar-refractivity contribution in [3.63, 3.8) is 0 Å². The Kier molecular flexibility index (Phi) is 6.59. The molecule has 1 heterocycles. The van der Waals surface area contributed by atoms with Crippen molar-refractivity contribution in [1.29, 1.82) is 5.26 Å². The number of halogens is 1. The Morgan fingerprint density at radius 3 is 2.75 bits per heavy atom. The van der Waals surface area contributed by atoms with Crippen molar-refractivity contribution in [2.45, 2.75) is 19.5 Å². The number of phenolic OH excluding ortho intramolecular Hbond substituents is 1. The molecule has 6 heteroatoms. The maximum absolute atomic E-state index is 13.9. The van der Waals surface area contributed by atoms with Gasteiger partial charge in [0.05, 0.1) is 17.6 Å². The first kappa shape index (κ1) is 21.3. The van der Waals surface area contributed by atoms with Crippen molar-refractivity contribution in [3.8, 4) is 22.9 Å². The second kappa shape index (κ2) is 9.90. The van der Waals surface area contributed by atoms with Crippen molar-refractivity contribution in [2.24, 2.45) is 0 Å². The molecule has 4 aromatic rings. The molecule has 0 bridgehead atoms. The Hall–Kier alpha value is -3.95. The summed E-state index contributed by atoms with van der Waals surface area (Å²) in [7, 11) is 0. The highest BCUT2D eigenvalue weighted by atomic mass is 19.1. The van der Waals surface area contributed by atoms with Crippen LogP contribution in [-0.2, 0) is 19.5 Å². The molecule has 0 saturated carbocycles. The van der Waals surface area contributed by atoms with Crippen LogP contribution >= 0.6 is 0 Å². The normalized spacial score (nSPS) is 10.8. The van der Waals surface area contributed by atoms with Crippen molar-refractivity contribution in [3.05, 3.63) is 107 Å². The van der Waals surface area contributed by atoms with Gasteiger partial charge in [0.15, 0.2) is 0 Å². The van der Waals surface area contributed by atoms with Crippen LogP contribution in [0.2, 0.25) is 0 Å². The van der Waals surface area contributed by atoms with Crippen LogP contribution in [0.3, 0.4) is 0 Å². The predicted octanol–water partition coefficient (Wildman–Crippen LogP) is 4.65. The molecule has 0 aliphatic rings. The van der Waals surface area contributed by atoms with Crippen LogP contribution < -0.4 is 5.32 Å². The Morgan fingerprint density at radius 2 is 1.94 bits per heavy atom. The molecule has 32 heavy (non-hydrogen) atoms. The number of nitriles is 1. The summed E-state index contributed by atoms with van der Waals surface area (Å²) in [6.07, 6.45) is 4.36. The van der Waals surface area contributed by atoms with Gasteiger partial charge in [0, 0.05) is 19.3 Å². The molecule has 0 saturated heterocycles. The number of aromatic hydroxyl groups is 1. The zero-order chi connectivity index (χ0) is 22.3. The van der Waals surface area contributed by atoms with Crippen LogP contribution in [0.1, 0.15) is 22.4 Å². The van der Waals surface area contributed by atoms with Gasteiger partial charge in [-0.1, -0.05) is 42.5 Å². The maximum Gasteiger partial charge on any atom is 0.141 e. The molecule has 5 nitrogen and oxygen atoms in total. The van der Waals surface area contributed by atoms with Gasteiger partial charge in [-0.05, 0) is 59.5 Å². The lowest BCUT2D eigenvalue weighted by Crippen LogP contribution is -2.19. The third kappa shape index (κ3) is 5.02. The Balaban J connectivity index is 1.37. The highest BCUT2D eigenvalue weighted by Crippen LogP contribution is 2.26. The van der Waals surface area contributed by atoms with E-state index in [2.05, 4.69) is 22.4 Å². The standard InChI is InChI=1S/C26H23FN4O/c27-26-12-19(8-9-22(26)14-28)17-31-18-30-16-23(31)15-29-11-10-20-4-1-2-7-25(20)21-5-3-6-24(32)13-21/h1-9,12-13,16,18,29,32H,10-11,15,17H2. The average molecular weight is 426 g/mol. The zero-order valence-electron chi connectivity index (χ0n) is 17.5. The minimum absolute atomic E-state index is 0.0484. The lowest BCUT2D eigenvalue weighted by atomic mass is 9.97. The SMILES string of the molecule is N#Cc1ccc(Cn2cncc2CNCCc2ccccc2-c2cccc(O)c2)cc1F.